The smallest absolute Gasteiger partial charge is 0.314 e. The molecule has 0 spiro atoms. The Bertz CT molecular complexity index is 425. The molecular weight excluding hydrogens is 214 g/mol. The van der Waals surface area contributed by atoms with Gasteiger partial charge in [-0.15, -0.1) is 0 Å². The molecule has 1 atom stereocenters. The van der Waals surface area contributed by atoms with Gasteiger partial charge in [-0.3, -0.25) is 4.79 Å². The topological polar surface area (TPSA) is 61.1 Å². The van der Waals surface area contributed by atoms with Gasteiger partial charge in [0.25, 0.3) is 0 Å². The Morgan fingerprint density at radius 2 is 2.20 bits per heavy atom. The zero-order valence-electron chi connectivity index (χ0n) is 8.20. The Kier molecular flexibility index (Phi) is 3.33. The predicted octanol–water partition coefficient (Wildman–Crippen LogP) is 2.60. The first kappa shape index (κ1) is 11.5. The molecule has 1 aromatic rings. The van der Waals surface area contributed by atoms with Gasteiger partial charge >= 0.3 is 5.97 Å². The molecule has 0 heterocycles. The number of halogens is 1. The Balaban J connectivity index is 3.29. The van der Waals surface area contributed by atoms with Crippen LogP contribution in [-0.2, 0) is 10.2 Å². The second kappa shape index (κ2) is 4.33. The number of nitriles is 1. The standard InChI is InChI=1S/C11H10ClNO2/c1-11(6-7-13,10(14)15)8-4-2-3-5-9(8)12/h2-5H,6H2,1H3,(H,14,15). The van der Waals surface area contributed by atoms with Gasteiger partial charge in [0.05, 0.1) is 12.5 Å². The van der Waals surface area contributed by atoms with Gasteiger partial charge < -0.3 is 5.11 Å². The molecule has 15 heavy (non-hydrogen) atoms. The summed E-state index contributed by atoms with van der Waals surface area (Å²) in [6, 6.07) is 8.56. The SMILES string of the molecule is CC(CC#N)(C(=O)O)c1ccccc1Cl. The molecule has 0 aliphatic carbocycles. The van der Waals surface area contributed by atoms with Gasteiger partial charge in [0, 0.05) is 5.02 Å². The summed E-state index contributed by atoms with van der Waals surface area (Å²) in [5.74, 6) is -1.04. The van der Waals surface area contributed by atoms with E-state index in [0.29, 0.717) is 10.6 Å². The van der Waals surface area contributed by atoms with Crippen LogP contribution < -0.4 is 0 Å². The number of carboxylic acid groups (broad SMARTS) is 1. The average molecular weight is 224 g/mol. The van der Waals surface area contributed by atoms with Crippen LogP contribution in [0, 0.1) is 11.3 Å². The molecule has 3 nitrogen and oxygen atoms in total. The molecule has 0 aliphatic heterocycles. The Morgan fingerprint density at radius 1 is 1.60 bits per heavy atom. The molecule has 78 valence electrons. The molecule has 0 radical (unpaired) electrons. The van der Waals surface area contributed by atoms with Crippen LogP contribution >= 0.6 is 11.6 Å². The lowest BCUT2D eigenvalue weighted by molar-refractivity contribution is -0.143. The van der Waals surface area contributed by atoms with Gasteiger partial charge in [0.1, 0.15) is 5.41 Å². The van der Waals surface area contributed by atoms with E-state index in [-0.39, 0.29) is 6.42 Å². The van der Waals surface area contributed by atoms with Crippen LogP contribution in [0.4, 0.5) is 0 Å². The molecule has 0 saturated heterocycles. The van der Waals surface area contributed by atoms with Crippen molar-refractivity contribution in [3.05, 3.63) is 34.9 Å². The van der Waals surface area contributed by atoms with E-state index in [0.717, 1.165) is 0 Å². The zero-order valence-corrected chi connectivity index (χ0v) is 8.95. The summed E-state index contributed by atoms with van der Waals surface area (Å²) in [6.07, 6.45) is -0.105. The maximum atomic E-state index is 11.2. The van der Waals surface area contributed by atoms with Crippen molar-refractivity contribution in [3.8, 4) is 6.07 Å². The van der Waals surface area contributed by atoms with Crippen molar-refractivity contribution in [2.75, 3.05) is 0 Å². The van der Waals surface area contributed by atoms with Crippen molar-refractivity contribution in [1.29, 1.82) is 5.26 Å². The van der Waals surface area contributed by atoms with Gasteiger partial charge in [0.2, 0.25) is 0 Å². The summed E-state index contributed by atoms with van der Waals surface area (Å²) >= 11 is 5.92. The fraction of sp³-hybridized carbons (Fsp3) is 0.273. The second-order valence-electron chi connectivity index (χ2n) is 3.45. The van der Waals surface area contributed by atoms with Gasteiger partial charge in [-0.1, -0.05) is 29.8 Å². The second-order valence-corrected chi connectivity index (χ2v) is 3.86. The highest BCUT2D eigenvalue weighted by molar-refractivity contribution is 6.31. The number of benzene rings is 1. The molecule has 0 aromatic heterocycles. The highest BCUT2D eigenvalue weighted by atomic mass is 35.5. The minimum absolute atomic E-state index is 0.105. The van der Waals surface area contributed by atoms with Crippen LogP contribution in [0.3, 0.4) is 0 Å². The first-order chi connectivity index (χ1) is 7.02. The van der Waals surface area contributed by atoms with Crippen molar-refractivity contribution >= 4 is 17.6 Å². The third kappa shape index (κ3) is 2.11. The molecule has 1 N–H and O–H groups in total. The summed E-state index contributed by atoms with van der Waals surface area (Å²) in [7, 11) is 0. The third-order valence-corrected chi connectivity index (χ3v) is 2.70. The normalized spacial score (nSPS) is 13.9. The molecule has 0 fully saturated rings. The zero-order chi connectivity index (χ0) is 11.5. The number of hydrogen-bond acceptors (Lipinski definition) is 2. The van der Waals surface area contributed by atoms with Crippen molar-refractivity contribution < 1.29 is 9.90 Å². The summed E-state index contributed by atoms with van der Waals surface area (Å²) in [5, 5.41) is 18.2. The van der Waals surface area contributed by atoms with Crippen molar-refractivity contribution in [1.82, 2.24) is 0 Å². The lowest BCUT2D eigenvalue weighted by atomic mass is 9.80. The Hall–Kier alpha value is -1.53. The summed E-state index contributed by atoms with van der Waals surface area (Å²) in [5.41, 5.74) is -0.770. The van der Waals surface area contributed by atoms with E-state index >= 15 is 0 Å². The van der Waals surface area contributed by atoms with Gasteiger partial charge in [-0.25, -0.2) is 0 Å². The molecule has 0 aliphatic rings. The van der Waals surface area contributed by atoms with Crippen LogP contribution in [0.15, 0.2) is 24.3 Å². The maximum Gasteiger partial charge on any atom is 0.314 e. The number of carbonyl (C=O) groups is 1. The number of nitrogens with zero attached hydrogens (tertiary/aromatic N) is 1. The van der Waals surface area contributed by atoms with E-state index in [1.807, 2.05) is 6.07 Å². The molecule has 0 amide bonds. The van der Waals surface area contributed by atoms with E-state index in [9.17, 15) is 4.79 Å². The molecule has 0 saturated carbocycles. The van der Waals surface area contributed by atoms with Crippen LogP contribution in [0.5, 0.6) is 0 Å². The number of carboxylic acids is 1. The average Bonchev–Trinajstić information content (AvgIpc) is 2.18. The van der Waals surface area contributed by atoms with Gasteiger partial charge in [0.15, 0.2) is 0 Å². The highest BCUT2D eigenvalue weighted by Crippen LogP contribution is 2.32. The molecule has 4 heteroatoms. The minimum atomic E-state index is -1.24. The first-order valence-electron chi connectivity index (χ1n) is 4.37. The van der Waals surface area contributed by atoms with E-state index in [1.165, 1.54) is 6.92 Å². The number of aliphatic carboxylic acids is 1. The lowest BCUT2D eigenvalue weighted by Crippen LogP contribution is -2.32. The predicted molar refractivity (Wildman–Crippen MR) is 56.7 cm³/mol. The fourth-order valence-corrected chi connectivity index (χ4v) is 1.70. The van der Waals surface area contributed by atoms with Gasteiger partial charge in [-0.05, 0) is 18.6 Å². The molecule has 0 bridgehead atoms. The van der Waals surface area contributed by atoms with E-state index < -0.39 is 11.4 Å². The van der Waals surface area contributed by atoms with Crippen LogP contribution in [0.25, 0.3) is 0 Å². The fourth-order valence-electron chi connectivity index (χ4n) is 1.35. The molecular formula is C11H10ClNO2. The Morgan fingerprint density at radius 3 is 2.67 bits per heavy atom. The van der Waals surface area contributed by atoms with Crippen molar-refractivity contribution in [2.45, 2.75) is 18.8 Å². The van der Waals surface area contributed by atoms with E-state index in [2.05, 4.69) is 0 Å². The quantitative estimate of drug-likeness (QED) is 0.857. The Labute approximate surface area is 92.9 Å². The van der Waals surface area contributed by atoms with Crippen molar-refractivity contribution in [2.24, 2.45) is 0 Å². The lowest BCUT2D eigenvalue weighted by Gasteiger charge is -2.23. The van der Waals surface area contributed by atoms with Crippen LogP contribution in [0.2, 0.25) is 5.02 Å². The first-order valence-corrected chi connectivity index (χ1v) is 4.75. The van der Waals surface area contributed by atoms with Gasteiger partial charge in [-0.2, -0.15) is 5.26 Å². The van der Waals surface area contributed by atoms with Crippen molar-refractivity contribution in [3.63, 3.8) is 0 Å². The largest absolute Gasteiger partial charge is 0.481 e. The number of hydrogen-bond donors (Lipinski definition) is 1. The van der Waals surface area contributed by atoms with Crippen LogP contribution in [-0.4, -0.2) is 11.1 Å². The molecule has 1 unspecified atom stereocenters. The summed E-state index contributed by atoms with van der Waals surface area (Å²) in [4.78, 5) is 11.2. The molecule has 1 aromatic carbocycles. The monoisotopic (exact) mass is 223 g/mol. The third-order valence-electron chi connectivity index (χ3n) is 2.37. The maximum absolute atomic E-state index is 11.2. The highest BCUT2D eigenvalue weighted by Gasteiger charge is 2.36. The minimum Gasteiger partial charge on any atom is -0.481 e. The summed E-state index contributed by atoms with van der Waals surface area (Å²) in [6.45, 7) is 1.50. The summed E-state index contributed by atoms with van der Waals surface area (Å²) < 4.78 is 0. The van der Waals surface area contributed by atoms with Crippen LogP contribution in [0.1, 0.15) is 18.9 Å². The van der Waals surface area contributed by atoms with E-state index in [1.54, 1.807) is 24.3 Å². The molecule has 1 rings (SSSR count). The number of rotatable bonds is 3. The van der Waals surface area contributed by atoms with E-state index in [4.69, 9.17) is 22.0 Å².